The number of nitrogens with zero attached hydrogens (tertiary/aromatic N) is 2. The van der Waals surface area contributed by atoms with Crippen molar-refractivity contribution in [3.8, 4) is 0 Å². The van der Waals surface area contributed by atoms with Crippen molar-refractivity contribution in [2.24, 2.45) is 11.8 Å². The van der Waals surface area contributed by atoms with Crippen molar-refractivity contribution >= 4 is 17.8 Å². The highest BCUT2D eigenvalue weighted by molar-refractivity contribution is 5.99. The Hall–Kier alpha value is -2.19. The van der Waals surface area contributed by atoms with E-state index in [9.17, 15) is 14.4 Å². The fourth-order valence-electron chi connectivity index (χ4n) is 6.66. The van der Waals surface area contributed by atoms with Gasteiger partial charge in [-0.25, -0.2) is 0 Å². The summed E-state index contributed by atoms with van der Waals surface area (Å²) in [5.41, 5.74) is -1.17. The molecule has 3 fully saturated rings. The molecule has 4 heterocycles. The van der Waals surface area contributed by atoms with Crippen LogP contribution in [0.25, 0.3) is 0 Å². The van der Waals surface area contributed by atoms with Crippen LogP contribution in [0.15, 0.2) is 24.3 Å². The molecule has 1 unspecified atom stereocenters. The van der Waals surface area contributed by atoms with E-state index in [1.165, 1.54) is 6.42 Å². The maximum absolute atomic E-state index is 14.2. The van der Waals surface area contributed by atoms with Crippen molar-refractivity contribution in [3.05, 3.63) is 24.3 Å². The van der Waals surface area contributed by atoms with E-state index in [1.807, 2.05) is 29.2 Å². The van der Waals surface area contributed by atoms with E-state index in [2.05, 4.69) is 0 Å². The van der Waals surface area contributed by atoms with Gasteiger partial charge in [0.1, 0.15) is 17.6 Å². The van der Waals surface area contributed by atoms with Crippen LogP contribution in [0.2, 0.25) is 0 Å². The van der Waals surface area contributed by atoms with Gasteiger partial charge >= 0.3 is 5.97 Å². The second kappa shape index (κ2) is 9.82. The Kier molecular flexibility index (Phi) is 6.80. The molecule has 0 radical (unpaired) electrons. The highest BCUT2D eigenvalue weighted by Gasteiger charge is 2.71. The lowest BCUT2D eigenvalue weighted by atomic mass is 9.77. The van der Waals surface area contributed by atoms with Gasteiger partial charge in [0.25, 0.3) is 0 Å². The van der Waals surface area contributed by atoms with Gasteiger partial charge in [-0.3, -0.25) is 14.4 Å². The molecule has 8 heteroatoms. The number of cyclic esters (lactones) is 1. The van der Waals surface area contributed by atoms with Crippen LogP contribution >= 0.6 is 0 Å². The molecule has 1 aliphatic carbocycles. The summed E-state index contributed by atoms with van der Waals surface area (Å²) < 4.78 is 12.0. The van der Waals surface area contributed by atoms with Gasteiger partial charge < -0.3 is 24.4 Å². The molecule has 5 atom stereocenters. The molecule has 0 aromatic rings. The predicted octanol–water partition coefficient (Wildman–Crippen LogP) is 1.96. The summed E-state index contributed by atoms with van der Waals surface area (Å²) in [4.78, 5) is 44.7. The Balaban J connectivity index is 1.52. The first-order valence-corrected chi connectivity index (χ1v) is 13.0. The third-order valence-corrected chi connectivity index (χ3v) is 8.22. The number of carbonyl (C=O) groups is 3. The van der Waals surface area contributed by atoms with Gasteiger partial charge in [-0.2, -0.15) is 0 Å². The molecule has 0 bridgehead atoms. The summed E-state index contributed by atoms with van der Waals surface area (Å²) in [5, 5.41) is 9.17. The highest BCUT2D eigenvalue weighted by Crippen LogP contribution is 2.53. The van der Waals surface area contributed by atoms with Crippen LogP contribution in [0, 0.1) is 11.8 Å². The summed E-state index contributed by atoms with van der Waals surface area (Å²) in [7, 11) is 0. The number of fused-ring (bicyclic) bond motifs is 2. The zero-order valence-electron chi connectivity index (χ0n) is 19.8. The second-order valence-corrected chi connectivity index (χ2v) is 10.2. The number of ether oxygens (including phenoxy) is 2. The van der Waals surface area contributed by atoms with Crippen LogP contribution in [-0.4, -0.2) is 82.8 Å². The Morgan fingerprint density at radius 3 is 2.65 bits per heavy atom. The second-order valence-electron chi connectivity index (χ2n) is 10.2. The predicted molar refractivity (Wildman–Crippen MR) is 123 cm³/mol. The van der Waals surface area contributed by atoms with Crippen LogP contribution in [-0.2, 0) is 23.9 Å². The number of rotatable bonds is 6. The monoisotopic (exact) mass is 472 g/mol. The van der Waals surface area contributed by atoms with E-state index in [1.54, 1.807) is 4.90 Å². The van der Waals surface area contributed by atoms with Crippen molar-refractivity contribution < 1.29 is 29.0 Å². The van der Waals surface area contributed by atoms with Crippen molar-refractivity contribution in [2.75, 3.05) is 26.3 Å². The van der Waals surface area contributed by atoms with E-state index in [-0.39, 0.29) is 31.1 Å². The van der Waals surface area contributed by atoms with Gasteiger partial charge in [0, 0.05) is 25.7 Å². The van der Waals surface area contributed by atoms with Crippen LogP contribution in [0.4, 0.5) is 0 Å². The topological polar surface area (TPSA) is 96.4 Å². The van der Waals surface area contributed by atoms with Crippen molar-refractivity contribution in [1.82, 2.24) is 9.80 Å². The number of hydrogen-bond acceptors (Lipinski definition) is 6. The maximum atomic E-state index is 14.2. The van der Waals surface area contributed by atoms with Crippen LogP contribution in [0.1, 0.15) is 57.8 Å². The molecule has 2 saturated heterocycles. The van der Waals surface area contributed by atoms with Gasteiger partial charge in [0.2, 0.25) is 11.8 Å². The fraction of sp³-hybridized carbons (Fsp3) is 0.731. The van der Waals surface area contributed by atoms with Gasteiger partial charge in [0.05, 0.1) is 18.6 Å². The molecule has 1 saturated carbocycles. The number of unbranched alkanes of at least 4 members (excludes halogenated alkanes) is 2. The van der Waals surface area contributed by atoms with Gasteiger partial charge in [-0.15, -0.1) is 0 Å². The standard InChI is InChI=1S/C26H36N2O6/c29-16-7-2-6-14-28-22-24(31)27(18-10-3-1-4-11-18)15-9-13-26(22)21(23(28)30)20-19(34-26)12-5-8-17-33-25(20)32/h5,9,12-13,18-22,29H,1-4,6-8,10-11,14-17H2/t19-,20+,21+,22?,26+/m1/s1. The average Bonchev–Trinajstić information content (AvgIpc) is 3.21. The largest absolute Gasteiger partial charge is 0.465 e. The molecule has 4 aliphatic heterocycles. The molecule has 2 amide bonds. The molecule has 5 aliphatic rings. The lowest BCUT2D eigenvalue weighted by molar-refractivity contribution is -0.155. The molecular formula is C26H36N2O6. The molecular weight excluding hydrogens is 436 g/mol. The Labute approximate surface area is 200 Å². The summed E-state index contributed by atoms with van der Waals surface area (Å²) in [6.45, 7) is 1.29. The number of likely N-dealkylation sites (tertiary alicyclic amines) is 1. The minimum atomic E-state index is -1.17. The number of esters is 1. The summed E-state index contributed by atoms with van der Waals surface area (Å²) >= 11 is 0. The van der Waals surface area contributed by atoms with Crippen LogP contribution in [0.5, 0.6) is 0 Å². The summed E-state index contributed by atoms with van der Waals surface area (Å²) in [6, 6.07) is -0.611. The first-order chi connectivity index (χ1) is 16.6. The zero-order valence-corrected chi connectivity index (χ0v) is 19.8. The molecule has 5 rings (SSSR count). The van der Waals surface area contributed by atoms with Crippen LogP contribution < -0.4 is 0 Å². The summed E-state index contributed by atoms with van der Waals surface area (Å²) in [6.07, 6.45) is 15.2. The SMILES string of the molecule is O=C1OCCC=C[C@H]2O[C@]34C=CCN(C5CCCCC5)C(=O)C3N(CCCCCO)C(=O)[C@@H]4[C@@H]12. The number of aliphatic hydroxyl groups excluding tert-OH is 1. The molecule has 186 valence electrons. The normalized spacial score (nSPS) is 36.0. The lowest BCUT2D eigenvalue weighted by Crippen LogP contribution is -2.57. The van der Waals surface area contributed by atoms with Gasteiger partial charge in [0.15, 0.2) is 0 Å². The third-order valence-electron chi connectivity index (χ3n) is 8.22. The van der Waals surface area contributed by atoms with Gasteiger partial charge in [-0.05, 0) is 38.5 Å². The van der Waals surface area contributed by atoms with Gasteiger partial charge in [-0.1, -0.05) is 43.6 Å². The number of aliphatic hydroxyl groups is 1. The molecule has 1 N–H and O–H groups in total. The van der Waals surface area contributed by atoms with Crippen molar-refractivity contribution in [3.63, 3.8) is 0 Å². The number of carbonyl (C=O) groups excluding carboxylic acids is 3. The maximum Gasteiger partial charge on any atom is 0.312 e. The third kappa shape index (κ3) is 3.88. The van der Waals surface area contributed by atoms with Crippen molar-refractivity contribution in [1.29, 1.82) is 0 Å². The van der Waals surface area contributed by atoms with E-state index in [0.29, 0.717) is 32.4 Å². The first-order valence-electron chi connectivity index (χ1n) is 13.0. The quantitative estimate of drug-likeness (QED) is 0.361. The molecule has 1 spiro atoms. The minimum absolute atomic E-state index is 0.0680. The Morgan fingerprint density at radius 1 is 1.03 bits per heavy atom. The molecule has 0 aromatic carbocycles. The fourth-order valence-corrected chi connectivity index (χ4v) is 6.66. The van der Waals surface area contributed by atoms with E-state index >= 15 is 0 Å². The first kappa shape index (κ1) is 23.5. The van der Waals surface area contributed by atoms with E-state index in [4.69, 9.17) is 14.6 Å². The average molecular weight is 473 g/mol. The van der Waals surface area contributed by atoms with E-state index < -0.39 is 35.6 Å². The lowest BCUT2D eigenvalue weighted by Gasteiger charge is -2.39. The summed E-state index contributed by atoms with van der Waals surface area (Å²) in [5.74, 6) is -2.22. The molecule has 34 heavy (non-hydrogen) atoms. The zero-order chi connectivity index (χ0) is 23.7. The molecule has 8 nitrogen and oxygen atoms in total. The molecule has 0 aromatic heterocycles. The number of hydrogen-bond donors (Lipinski definition) is 1. The number of amides is 2. The van der Waals surface area contributed by atoms with Crippen LogP contribution in [0.3, 0.4) is 0 Å². The highest BCUT2D eigenvalue weighted by atomic mass is 16.6. The van der Waals surface area contributed by atoms with E-state index in [0.717, 1.165) is 32.1 Å². The van der Waals surface area contributed by atoms with Crippen molar-refractivity contribution in [2.45, 2.75) is 81.6 Å². The Morgan fingerprint density at radius 2 is 1.85 bits per heavy atom. The Bertz CT molecular complexity index is 865. The minimum Gasteiger partial charge on any atom is -0.465 e. The smallest absolute Gasteiger partial charge is 0.312 e.